The average Bonchev–Trinajstić information content (AvgIpc) is 2.73. The molecule has 1 aromatic carbocycles. The van der Waals surface area contributed by atoms with E-state index in [9.17, 15) is 8.42 Å². The van der Waals surface area contributed by atoms with Crippen LogP contribution in [0.3, 0.4) is 0 Å². The van der Waals surface area contributed by atoms with Crippen LogP contribution >= 0.6 is 38.9 Å². The quantitative estimate of drug-likeness (QED) is 0.875. The molecule has 0 saturated heterocycles. The van der Waals surface area contributed by atoms with Gasteiger partial charge >= 0.3 is 0 Å². The second kappa shape index (κ2) is 5.40. The Morgan fingerprint density at radius 3 is 2.37 bits per heavy atom. The van der Waals surface area contributed by atoms with Crippen molar-refractivity contribution in [2.24, 2.45) is 0 Å². The standard InChI is InChI=1S/C11H10BrClN2O2S2/c1-6-3-8(4-7(2)10(6)12)15-19(16,17)9-5-14-11(13)18-9/h3-5,15H,1-2H3. The van der Waals surface area contributed by atoms with Crippen molar-refractivity contribution < 1.29 is 8.42 Å². The summed E-state index contributed by atoms with van der Waals surface area (Å²) in [5.41, 5.74) is 2.43. The number of nitrogens with zero attached hydrogens (tertiary/aromatic N) is 1. The summed E-state index contributed by atoms with van der Waals surface area (Å²) >= 11 is 10.0. The fourth-order valence-corrected chi connectivity index (χ4v) is 4.14. The van der Waals surface area contributed by atoms with Gasteiger partial charge in [0.2, 0.25) is 0 Å². The summed E-state index contributed by atoms with van der Waals surface area (Å²) < 4.78 is 28.0. The molecule has 1 heterocycles. The molecule has 1 N–H and O–H groups in total. The molecule has 0 atom stereocenters. The van der Waals surface area contributed by atoms with Gasteiger partial charge in [-0.05, 0) is 37.1 Å². The van der Waals surface area contributed by atoms with Crippen molar-refractivity contribution in [1.82, 2.24) is 4.98 Å². The highest BCUT2D eigenvalue weighted by molar-refractivity contribution is 9.10. The second-order valence-corrected chi connectivity index (χ2v) is 8.28. The van der Waals surface area contributed by atoms with Crippen molar-refractivity contribution in [3.8, 4) is 0 Å². The molecule has 19 heavy (non-hydrogen) atoms. The minimum atomic E-state index is -3.63. The number of aryl methyl sites for hydroxylation is 2. The Kier molecular flexibility index (Phi) is 4.20. The first-order valence-corrected chi connectivity index (χ1v) is 8.67. The van der Waals surface area contributed by atoms with Crippen molar-refractivity contribution in [3.05, 3.63) is 38.4 Å². The zero-order valence-electron chi connectivity index (χ0n) is 10.1. The van der Waals surface area contributed by atoms with Gasteiger partial charge in [-0.15, -0.1) is 0 Å². The number of anilines is 1. The summed E-state index contributed by atoms with van der Waals surface area (Å²) in [6, 6.07) is 3.52. The van der Waals surface area contributed by atoms with Gasteiger partial charge in [0.25, 0.3) is 10.0 Å². The number of rotatable bonds is 3. The van der Waals surface area contributed by atoms with E-state index in [1.54, 1.807) is 12.1 Å². The molecule has 1 aromatic heterocycles. The van der Waals surface area contributed by atoms with Crippen LogP contribution in [0.25, 0.3) is 0 Å². The summed E-state index contributed by atoms with van der Waals surface area (Å²) in [6.07, 6.45) is 1.24. The fraction of sp³-hybridized carbons (Fsp3) is 0.182. The third-order valence-electron chi connectivity index (χ3n) is 2.41. The maximum absolute atomic E-state index is 12.1. The van der Waals surface area contributed by atoms with E-state index in [-0.39, 0.29) is 8.68 Å². The molecular weight excluding hydrogens is 372 g/mol. The van der Waals surface area contributed by atoms with E-state index in [0.717, 1.165) is 26.9 Å². The lowest BCUT2D eigenvalue weighted by atomic mass is 10.1. The van der Waals surface area contributed by atoms with Gasteiger partial charge in [-0.1, -0.05) is 38.9 Å². The first-order valence-electron chi connectivity index (χ1n) is 5.20. The fourth-order valence-electron chi connectivity index (χ4n) is 1.57. The lowest BCUT2D eigenvalue weighted by molar-refractivity contribution is 0.603. The first-order chi connectivity index (χ1) is 8.79. The predicted molar refractivity (Wildman–Crippen MR) is 81.5 cm³/mol. The van der Waals surface area contributed by atoms with Gasteiger partial charge in [0.1, 0.15) is 0 Å². The number of halogens is 2. The zero-order valence-corrected chi connectivity index (χ0v) is 14.0. The molecule has 0 fully saturated rings. The van der Waals surface area contributed by atoms with Gasteiger partial charge in [-0.2, -0.15) is 0 Å². The Bertz CT molecular complexity index is 705. The molecule has 0 aliphatic heterocycles. The molecule has 0 aliphatic rings. The van der Waals surface area contributed by atoms with Crippen molar-refractivity contribution in [2.75, 3.05) is 4.72 Å². The molecule has 0 bridgehead atoms. The van der Waals surface area contributed by atoms with Crippen molar-refractivity contribution in [2.45, 2.75) is 18.1 Å². The number of hydrogen-bond donors (Lipinski definition) is 1. The van der Waals surface area contributed by atoms with Crippen molar-refractivity contribution in [3.63, 3.8) is 0 Å². The molecule has 2 aromatic rings. The molecule has 0 aliphatic carbocycles. The largest absolute Gasteiger partial charge is 0.279 e. The summed E-state index contributed by atoms with van der Waals surface area (Å²) in [7, 11) is -3.63. The van der Waals surface area contributed by atoms with Crippen LogP contribution in [-0.4, -0.2) is 13.4 Å². The maximum Gasteiger partial charge on any atom is 0.273 e. The number of thiazole rings is 1. The Morgan fingerprint density at radius 2 is 1.89 bits per heavy atom. The van der Waals surface area contributed by atoms with Crippen LogP contribution in [0.4, 0.5) is 5.69 Å². The number of benzene rings is 1. The van der Waals surface area contributed by atoms with Gasteiger partial charge < -0.3 is 0 Å². The summed E-state index contributed by atoms with van der Waals surface area (Å²) in [4.78, 5) is 3.73. The highest BCUT2D eigenvalue weighted by Gasteiger charge is 2.18. The van der Waals surface area contributed by atoms with E-state index in [1.807, 2.05) is 13.8 Å². The Hall–Kier alpha value is -0.630. The summed E-state index contributed by atoms with van der Waals surface area (Å²) in [5.74, 6) is 0. The van der Waals surface area contributed by atoms with Crippen LogP contribution in [0.2, 0.25) is 4.47 Å². The average molecular weight is 382 g/mol. The Balaban J connectivity index is 2.36. The van der Waals surface area contributed by atoms with Gasteiger partial charge in [0, 0.05) is 10.2 Å². The zero-order chi connectivity index (χ0) is 14.2. The maximum atomic E-state index is 12.1. The van der Waals surface area contributed by atoms with Crippen LogP contribution in [0.5, 0.6) is 0 Å². The molecule has 4 nitrogen and oxygen atoms in total. The monoisotopic (exact) mass is 380 g/mol. The van der Waals surface area contributed by atoms with E-state index < -0.39 is 10.0 Å². The molecular formula is C11H10BrClN2O2S2. The van der Waals surface area contributed by atoms with Gasteiger partial charge in [-0.25, -0.2) is 13.4 Å². The van der Waals surface area contributed by atoms with Crippen LogP contribution < -0.4 is 4.72 Å². The predicted octanol–water partition coefficient (Wildman–Crippen LogP) is 3.98. The van der Waals surface area contributed by atoms with E-state index in [2.05, 4.69) is 25.6 Å². The third kappa shape index (κ3) is 3.28. The SMILES string of the molecule is Cc1cc(NS(=O)(=O)c2cnc(Cl)s2)cc(C)c1Br. The van der Waals surface area contributed by atoms with E-state index in [1.165, 1.54) is 6.20 Å². The van der Waals surface area contributed by atoms with Crippen LogP contribution in [0, 0.1) is 13.8 Å². The molecule has 0 spiro atoms. The second-order valence-electron chi connectivity index (χ2n) is 3.96. The molecule has 0 unspecified atom stereocenters. The van der Waals surface area contributed by atoms with Crippen LogP contribution in [-0.2, 0) is 10.0 Å². The highest BCUT2D eigenvalue weighted by atomic mass is 79.9. The van der Waals surface area contributed by atoms with Crippen molar-refractivity contribution in [1.29, 1.82) is 0 Å². The first kappa shape index (κ1) is 14.8. The van der Waals surface area contributed by atoms with Gasteiger partial charge in [-0.3, -0.25) is 4.72 Å². The van der Waals surface area contributed by atoms with E-state index in [4.69, 9.17) is 11.6 Å². The molecule has 2 rings (SSSR count). The summed E-state index contributed by atoms with van der Waals surface area (Å²) in [5, 5.41) is 0. The van der Waals surface area contributed by atoms with E-state index >= 15 is 0 Å². The minimum absolute atomic E-state index is 0.0933. The lowest BCUT2D eigenvalue weighted by Gasteiger charge is -2.10. The lowest BCUT2D eigenvalue weighted by Crippen LogP contribution is -2.11. The van der Waals surface area contributed by atoms with Gasteiger partial charge in [0.15, 0.2) is 8.68 Å². The molecule has 0 radical (unpaired) electrons. The molecule has 0 saturated carbocycles. The minimum Gasteiger partial charge on any atom is -0.279 e. The summed E-state index contributed by atoms with van der Waals surface area (Å²) in [6.45, 7) is 3.80. The number of aromatic nitrogens is 1. The smallest absolute Gasteiger partial charge is 0.273 e. The molecule has 8 heteroatoms. The third-order valence-corrected chi connectivity index (χ3v) is 6.62. The number of sulfonamides is 1. The van der Waals surface area contributed by atoms with E-state index in [0.29, 0.717) is 5.69 Å². The number of nitrogens with one attached hydrogen (secondary N) is 1. The Morgan fingerprint density at radius 1 is 1.32 bits per heavy atom. The normalized spacial score (nSPS) is 11.6. The Labute approximate surface area is 129 Å². The highest BCUT2D eigenvalue weighted by Crippen LogP contribution is 2.28. The van der Waals surface area contributed by atoms with Gasteiger partial charge in [0.05, 0.1) is 6.20 Å². The topological polar surface area (TPSA) is 59.1 Å². The van der Waals surface area contributed by atoms with Crippen LogP contribution in [0.1, 0.15) is 11.1 Å². The molecule has 0 amide bonds. The van der Waals surface area contributed by atoms with Crippen LogP contribution in [0.15, 0.2) is 27.0 Å². The number of hydrogen-bond acceptors (Lipinski definition) is 4. The van der Waals surface area contributed by atoms with Crippen molar-refractivity contribution >= 4 is 54.6 Å². The molecule has 102 valence electrons.